The highest BCUT2D eigenvalue weighted by molar-refractivity contribution is 14.1. The van der Waals surface area contributed by atoms with Crippen LogP contribution in [0, 0.1) is 3.57 Å². The van der Waals surface area contributed by atoms with Crippen LogP contribution in [0.2, 0.25) is 0 Å². The van der Waals surface area contributed by atoms with Crippen molar-refractivity contribution in [2.45, 2.75) is 18.6 Å². The predicted molar refractivity (Wildman–Crippen MR) is 82.3 cm³/mol. The lowest BCUT2D eigenvalue weighted by Crippen LogP contribution is -2.36. The third-order valence-electron chi connectivity index (χ3n) is 3.79. The summed E-state index contributed by atoms with van der Waals surface area (Å²) >= 11 is 6.70. The number of anilines is 1. The fourth-order valence-corrected chi connectivity index (χ4v) is 4.09. The number of hydrogen-bond acceptors (Lipinski definition) is 4. The minimum absolute atomic E-state index is 0.416. The van der Waals surface area contributed by atoms with E-state index in [4.69, 9.17) is 4.74 Å². The molecule has 2 aliphatic heterocycles. The van der Waals surface area contributed by atoms with Gasteiger partial charge in [-0.15, -0.1) is 0 Å². The smallest absolute Gasteiger partial charge is 0.150 e. The van der Waals surface area contributed by atoms with E-state index < -0.39 is 0 Å². The van der Waals surface area contributed by atoms with E-state index in [1.54, 1.807) is 3.97 Å². The maximum atomic E-state index is 5.64. The Hall–Kier alpha value is -0.470. The number of thiol groups is 1. The molecule has 2 bridgehead atoms. The summed E-state index contributed by atoms with van der Waals surface area (Å²) in [6.07, 6.45) is 5.51. The van der Waals surface area contributed by atoms with Gasteiger partial charge in [0.05, 0.1) is 30.6 Å². The molecule has 0 spiro atoms. The van der Waals surface area contributed by atoms with Crippen LogP contribution in [0.15, 0.2) is 18.5 Å². The number of morpholine rings is 1. The number of rotatable bonds is 1. The van der Waals surface area contributed by atoms with Crippen LogP contribution in [0.1, 0.15) is 6.42 Å². The molecule has 4 nitrogen and oxygen atoms in total. The molecule has 2 unspecified atom stereocenters. The van der Waals surface area contributed by atoms with Crippen LogP contribution in [0.4, 0.5) is 5.69 Å². The Morgan fingerprint density at radius 1 is 1.50 bits per heavy atom. The fraction of sp³-hybridized carbons (Fsp3) is 0.417. The first-order valence-electron chi connectivity index (χ1n) is 5.96. The summed E-state index contributed by atoms with van der Waals surface area (Å²) < 4.78 is 8.60. The van der Waals surface area contributed by atoms with Gasteiger partial charge in [0, 0.05) is 21.7 Å². The minimum Gasteiger partial charge on any atom is -0.374 e. The van der Waals surface area contributed by atoms with Crippen molar-refractivity contribution in [2.24, 2.45) is 0 Å². The lowest BCUT2D eigenvalue weighted by Gasteiger charge is -2.28. The third kappa shape index (κ3) is 1.58. The van der Waals surface area contributed by atoms with E-state index in [-0.39, 0.29) is 0 Å². The summed E-state index contributed by atoms with van der Waals surface area (Å²) in [5.74, 6) is 0. The van der Waals surface area contributed by atoms with Gasteiger partial charge in [0.15, 0.2) is 5.65 Å². The molecule has 2 saturated heterocycles. The summed E-state index contributed by atoms with van der Waals surface area (Å²) in [5.41, 5.74) is 2.13. The van der Waals surface area contributed by atoms with E-state index in [2.05, 4.69) is 51.4 Å². The fourth-order valence-electron chi connectivity index (χ4n) is 2.92. The van der Waals surface area contributed by atoms with Gasteiger partial charge >= 0.3 is 0 Å². The number of fused-ring (bicyclic) bond motifs is 3. The largest absolute Gasteiger partial charge is 0.374 e. The molecule has 2 aromatic heterocycles. The van der Waals surface area contributed by atoms with Gasteiger partial charge in [0.2, 0.25) is 0 Å². The van der Waals surface area contributed by atoms with Gasteiger partial charge in [-0.1, -0.05) is 12.8 Å². The van der Waals surface area contributed by atoms with E-state index in [0.29, 0.717) is 12.1 Å². The minimum atomic E-state index is 0.416. The Balaban J connectivity index is 1.79. The number of hydrogen-bond donors (Lipinski definition) is 1. The SMILES string of the molecule is Sn1cc(I)c2cc(N3CC4CC3CO4)cnc21. The van der Waals surface area contributed by atoms with Gasteiger partial charge in [-0.3, -0.25) is 3.97 Å². The summed E-state index contributed by atoms with van der Waals surface area (Å²) in [7, 11) is 0. The molecule has 4 rings (SSSR count). The molecule has 4 heterocycles. The summed E-state index contributed by atoms with van der Waals surface area (Å²) in [6, 6.07) is 2.75. The number of aromatic nitrogens is 2. The van der Waals surface area contributed by atoms with Gasteiger partial charge in [0.1, 0.15) is 0 Å². The highest BCUT2D eigenvalue weighted by Crippen LogP contribution is 2.34. The molecule has 94 valence electrons. The Morgan fingerprint density at radius 3 is 3.11 bits per heavy atom. The van der Waals surface area contributed by atoms with Crippen LogP contribution < -0.4 is 4.90 Å². The van der Waals surface area contributed by atoms with E-state index in [1.165, 1.54) is 14.6 Å². The zero-order valence-corrected chi connectivity index (χ0v) is 12.6. The molecule has 2 atom stereocenters. The van der Waals surface area contributed by atoms with Gasteiger partial charge in [-0.2, -0.15) is 0 Å². The van der Waals surface area contributed by atoms with Crippen LogP contribution in [0.3, 0.4) is 0 Å². The van der Waals surface area contributed by atoms with Gasteiger partial charge in [0.25, 0.3) is 0 Å². The summed E-state index contributed by atoms with van der Waals surface area (Å²) in [4.78, 5) is 6.95. The Bertz CT molecular complexity index is 629. The van der Waals surface area contributed by atoms with Gasteiger partial charge in [-0.05, 0) is 35.1 Å². The highest BCUT2D eigenvalue weighted by Gasteiger charge is 2.39. The van der Waals surface area contributed by atoms with Gasteiger partial charge in [-0.25, -0.2) is 4.98 Å². The maximum absolute atomic E-state index is 5.64. The molecule has 0 saturated carbocycles. The van der Waals surface area contributed by atoms with Crippen LogP contribution >= 0.6 is 35.4 Å². The molecular weight excluding hydrogens is 361 g/mol. The third-order valence-corrected chi connectivity index (χ3v) is 4.96. The molecule has 18 heavy (non-hydrogen) atoms. The Labute approximate surface area is 124 Å². The molecule has 0 aliphatic carbocycles. The van der Waals surface area contributed by atoms with Crippen LogP contribution in [-0.2, 0) is 4.74 Å². The molecular formula is C12H12IN3OS. The number of halogens is 1. The van der Waals surface area contributed by atoms with Crippen molar-refractivity contribution in [3.8, 4) is 0 Å². The monoisotopic (exact) mass is 373 g/mol. The average Bonchev–Trinajstić information content (AvgIpc) is 3.05. The van der Waals surface area contributed by atoms with E-state index in [1.807, 2.05) is 12.4 Å². The van der Waals surface area contributed by atoms with E-state index in [0.717, 1.165) is 25.2 Å². The Morgan fingerprint density at radius 2 is 2.39 bits per heavy atom. The normalized spacial score (nSPS) is 26.4. The van der Waals surface area contributed by atoms with Crippen molar-refractivity contribution in [3.63, 3.8) is 0 Å². The van der Waals surface area contributed by atoms with Crippen molar-refractivity contribution >= 4 is 52.1 Å². The van der Waals surface area contributed by atoms with Crippen LogP contribution in [-0.4, -0.2) is 34.3 Å². The van der Waals surface area contributed by atoms with Crippen molar-refractivity contribution in [2.75, 3.05) is 18.1 Å². The zero-order chi connectivity index (χ0) is 12.3. The lowest BCUT2D eigenvalue weighted by atomic mass is 10.2. The number of pyridine rings is 1. The van der Waals surface area contributed by atoms with Crippen molar-refractivity contribution in [1.29, 1.82) is 0 Å². The topological polar surface area (TPSA) is 30.3 Å². The van der Waals surface area contributed by atoms with Crippen LogP contribution in [0.5, 0.6) is 0 Å². The molecule has 2 aliphatic rings. The Kier molecular flexibility index (Phi) is 2.53. The number of ether oxygens (including phenoxy) is 1. The first-order chi connectivity index (χ1) is 8.72. The maximum Gasteiger partial charge on any atom is 0.150 e. The first-order valence-corrected chi connectivity index (χ1v) is 7.44. The predicted octanol–water partition coefficient (Wildman–Crippen LogP) is 2.31. The second-order valence-electron chi connectivity index (χ2n) is 4.88. The quantitative estimate of drug-likeness (QED) is 0.615. The second-order valence-corrected chi connectivity index (χ2v) is 6.48. The highest BCUT2D eigenvalue weighted by atomic mass is 127. The molecule has 0 aromatic carbocycles. The number of nitrogens with zero attached hydrogens (tertiary/aromatic N) is 3. The van der Waals surface area contributed by atoms with Gasteiger partial charge < -0.3 is 9.64 Å². The molecule has 2 fully saturated rings. The first kappa shape index (κ1) is 11.4. The van der Waals surface area contributed by atoms with Crippen molar-refractivity contribution in [3.05, 3.63) is 22.0 Å². The molecule has 0 radical (unpaired) electrons. The molecule has 2 aromatic rings. The van der Waals surface area contributed by atoms with Crippen molar-refractivity contribution < 1.29 is 4.74 Å². The summed E-state index contributed by atoms with van der Waals surface area (Å²) in [6.45, 7) is 1.85. The molecule has 0 N–H and O–H groups in total. The standard InChI is InChI=1S/C12H12IN3OS/c13-11-5-16(18)12-10(11)2-7(3-14-12)15-4-9-1-8(15)6-17-9/h2-3,5,8-9,18H,1,4,6H2. The molecule has 0 amide bonds. The van der Waals surface area contributed by atoms with E-state index in [9.17, 15) is 0 Å². The summed E-state index contributed by atoms with van der Waals surface area (Å²) in [5, 5.41) is 1.17. The lowest BCUT2D eigenvalue weighted by molar-refractivity contribution is 0.0991. The van der Waals surface area contributed by atoms with E-state index >= 15 is 0 Å². The van der Waals surface area contributed by atoms with Crippen molar-refractivity contribution in [1.82, 2.24) is 8.96 Å². The zero-order valence-electron chi connectivity index (χ0n) is 9.58. The second kappa shape index (κ2) is 4.01. The van der Waals surface area contributed by atoms with Crippen LogP contribution in [0.25, 0.3) is 11.0 Å². The molecule has 6 heteroatoms. The average molecular weight is 373 g/mol.